The molecule has 0 atom stereocenters. The molecule has 120 valence electrons. The summed E-state index contributed by atoms with van der Waals surface area (Å²) in [4.78, 5) is 26.8. The summed E-state index contributed by atoms with van der Waals surface area (Å²) in [6.07, 6.45) is 1.05. The minimum atomic E-state index is -1.10. The molecule has 2 aromatic rings. The molecule has 0 saturated carbocycles. The first-order valence-electron chi connectivity index (χ1n) is 6.86. The van der Waals surface area contributed by atoms with E-state index in [1.165, 1.54) is 30.3 Å². The molecule has 0 aliphatic carbocycles. The van der Waals surface area contributed by atoms with Gasteiger partial charge < -0.3 is 20.3 Å². The molecule has 1 amide bonds. The summed E-state index contributed by atoms with van der Waals surface area (Å²) in [6, 6.07) is 6.93. The number of nitrogens with one attached hydrogen (secondary N) is 1. The molecular weight excluding hydrogens is 300 g/mol. The minimum Gasteiger partial charge on any atom is -0.508 e. The van der Waals surface area contributed by atoms with Crippen LogP contribution in [0.5, 0.6) is 11.5 Å². The molecule has 0 bridgehead atoms. The van der Waals surface area contributed by atoms with Gasteiger partial charge in [-0.25, -0.2) is 9.78 Å². The van der Waals surface area contributed by atoms with Crippen molar-refractivity contribution in [1.82, 2.24) is 4.98 Å². The second kappa shape index (κ2) is 6.78. The van der Waals surface area contributed by atoms with Crippen molar-refractivity contribution in [3.8, 4) is 11.5 Å². The number of aromatic hydroxyl groups is 1. The molecular formula is C16H16N2O5. The first-order chi connectivity index (χ1) is 10.8. The normalized spacial score (nSPS) is 10.4. The predicted molar refractivity (Wildman–Crippen MR) is 83.0 cm³/mol. The zero-order valence-corrected chi connectivity index (χ0v) is 12.6. The van der Waals surface area contributed by atoms with Gasteiger partial charge in [-0.1, -0.05) is 0 Å². The zero-order chi connectivity index (χ0) is 17.0. The number of aromatic carboxylic acids is 1. The standard InChI is InChI=1S/C16H16N2O5/c1-9(2)23-13-6-11(5-12(19)7-13)15(20)18-14-4-3-10(8-17-14)16(21)22/h3-9,19H,1-2H3,(H,21,22)(H,17,18,20). The minimum absolute atomic E-state index is 0.0213. The summed E-state index contributed by atoms with van der Waals surface area (Å²) in [5, 5.41) is 21.0. The van der Waals surface area contributed by atoms with Gasteiger partial charge in [0.25, 0.3) is 5.91 Å². The van der Waals surface area contributed by atoms with E-state index in [0.29, 0.717) is 5.75 Å². The van der Waals surface area contributed by atoms with Gasteiger partial charge in [-0.05, 0) is 38.1 Å². The maximum Gasteiger partial charge on any atom is 0.337 e. The van der Waals surface area contributed by atoms with E-state index >= 15 is 0 Å². The quantitative estimate of drug-likeness (QED) is 0.782. The van der Waals surface area contributed by atoms with Crippen LogP contribution in [0.1, 0.15) is 34.6 Å². The average Bonchev–Trinajstić information content (AvgIpc) is 2.46. The largest absolute Gasteiger partial charge is 0.508 e. The number of anilines is 1. The topological polar surface area (TPSA) is 109 Å². The molecule has 1 aromatic carbocycles. The van der Waals surface area contributed by atoms with Crippen LogP contribution in [0.4, 0.5) is 5.82 Å². The van der Waals surface area contributed by atoms with Crippen LogP contribution in [-0.4, -0.2) is 33.2 Å². The van der Waals surface area contributed by atoms with Gasteiger partial charge >= 0.3 is 5.97 Å². The van der Waals surface area contributed by atoms with E-state index in [9.17, 15) is 14.7 Å². The average molecular weight is 316 g/mol. The van der Waals surface area contributed by atoms with Gasteiger partial charge in [-0.15, -0.1) is 0 Å². The number of phenols is 1. The van der Waals surface area contributed by atoms with Gasteiger partial charge in [-0.2, -0.15) is 0 Å². The van der Waals surface area contributed by atoms with Gasteiger partial charge in [0.1, 0.15) is 17.3 Å². The van der Waals surface area contributed by atoms with Crippen molar-refractivity contribution in [2.75, 3.05) is 5.32 Å². The molecule has 0 radical (unpaired) electrons. The van der Waals surface area contributed by atoms with E-state index in [1.54, 1.807) is 0 Å². The molecule has 0 spiro atoms. The van der Waals surface area contributed by atoms with Crippen LogP contribution < -0.4 is 10.1 Å². The van der Waals surface area contributed by atoms with Crippen LogP contribution in [0.2, 0.25) is 0 Å². The summed E-state index contributed by atoms with van der Waals surface area (Å²) in [7, 11) is 0. The number of hydrogen-bond donors (Lipinski definition) is 3. The van der Waals surface area contributed by atoms with Crippen molar-refractivity contribution in [3.05, 3.63) is 47.7 Å². The molecule has 0 fully saturated rings. The van der Waals surface area contributed by atoms with Crippen LogP contribution in [0, 0.1) is 0 Å². The summed E-state index contributed by atoms with van der Waals surface area (Å²) in [5.41, 5.74) is 0.220. The number of benzene rings is 1. The van der Waals surface area contributed by atoms with E-state index in [-0.39, 0.29) is 28.8 Å². The Hall–Kier alpha value is -3.09. The lowest BCUT2D eigenvalue weighted by Crippen LogP contribution is -2.14. The second-order valence-corrected chi connectivity index (χ2v) is 5.07. The fraction of sp³-hybridized carbons (Fsp3) is 0.188. The first-order valence-corrected chi connectivity index (χ1v) is 6.86. The van der Waals surface area contributed by atoms with E-state index in [1.807, 2.05) is 13.8 Å². The molecule has 0 saturated heterocycles. The number of hydrogen-bond acceptors (Lipinski definition) is 5. The highest BCUT2D eigenvalue weighted by Crippen LogP contribution is 2.23. The molecule has 0 aliphatic heterocycles. The maximum absolute atomic E-state index is 12.2. The highest BCUT2D eigenvalue weighted by molar-refractivity contribution is 6.04. The van der Waals surface area contributed by atoms with Gasteiger partial charge in [-0.3, -0.25) is 4.79 Å². The van der Waals surface area contributed by atoms with Gasteiger partial charge in [0.05, 0.1) is 11.7 Å². The van der Waals surface area contributed by atoms with Crippen molar-refractivity contribution < 1.29 is 24.5 Å². The summed E-state index contributed by atoms with van der Waals surface area (Å²) >= 11 is 0. The lowest BCUT2D eigenvalue weighted by atomic mass is 10.2. The van der Waals surface area contributed by atoms with Crippen LogP contribution in [0.15, 0.2) is 36.5 Å². The van der Waals surface area contributed by atoms with E-state index in [4.69, 9.17) is 9.84 Å². The van der Waals surface area contributed by atoms with E-state index in [2.05, 4.69) is 10.3 Å². The van der Waals surface area contributed by atoms with Crippen molar-refractivity contribution >= 4 is 17.7 Å². The van der Waals surface area contributed by atoms with Crippen LogP contribution in [-0.2, 0) is 0 Å². The summed E-state index contributed by atoms with van der Waals surface area (Å²) in [6.45, 7) is 3.66. The molecule has 7 heteroatoms. The number of aromatic nitrogens is 1. The fourth-order valence-electron chi connectivity index (χ4n) is 1.84. The van der Waals surface area contributed by atoms with Crippen molar-refractivity contribution in [2.45, 2.75) is 20.0 Å². The molecule has 3 N–H and O–H groups in total. The van der Waals surface area contributed by atoms with Gasteiger partial charge in [0.15, 0.2) is 0 Å². The van der Waals surface area contributed by atoms with Crippen LogP contribution in [0.25, 0.3) is 0 Å². The highest BCUT2D eigenvalue weighted by Gasteiger charge is 2.12. The van der Waals surface area contributed by atoms with Crippen LogP contribution >= 0.6 is 0 Å². The molecule has 23 heavy (non-hydrogen) atoms. The molecule has 0 unspecified atom stereocenters. The predicted octanol–water partition coefficient (Wildman–Crippen LogP) is 2.52. The van der Waals surface area contributed by atoms with E-state index in [0.717, 1.165) is 6.20 Å². The molecule has 1 aromatic heterocycles. The Balaban J connectivity index is 2.16. The maximum atomic E-state index is 12.2. The van der Waals surface area contributed by atoms with Crippen LogP contribution in [0.3, 0.4) is 0 Å². The molecule has 0 aliphatic rings. The highest BCUT2D eigenvalue weighted by atomic mass is 16.5. The lowest BCUT2D eigenvalue weighted by molar-refractivity contribution is 0.0696. The Morgan fingerprint density at radius 1 is 1.17 bits per heavy atom. The van der Waals surface area contributed by atoms with Crippen molar-refractivity contribution in [1.29, 1.82) is 0 Å². The number of rotatable bonds is 5. The Morgan fingerprint density at radius 3 is 2.48 bits per heavy atom. The second-order valence-electron chi connectivity index (χ2n) is 5.07. The number of carboxylic acids is 1. The summed E-state index contributed by atoms with van der Waals surface area (Å²) in [5.74, 6) is -1.11. The number of carbonyl (C=O) groups excluding carboxylic acids is 1. The SMILES string of the molecule is CC(C)Oc1cc(O)cc(C(=O)Nc2ccc(C(=O)O)cn2)c1. The Kier molecular flexibility index (Phi) is 4.80. The third kappa shape index (κ3) is 4.44. The molecule has 1 heterocycles. The Bertz CT molecular complexity index is 726. The number of pyridine rings is 1. The van der Waals surface area contributed by atoms with Gasteiger partial charge in [0.2, 0.25) is 0 Å². The summed E-state index contributed by atoms with van der Waals surface area (Å²) < 4.78 is 5.46. The number of phenolic OH excluding ortho intramolecular Hbond substituents is 1. The monoisotopic (exact) mass is 316 g/mol. The Morgan fingerprint density at radius 2 is 1.91 bits per heavy atom. The zero-order valence-electron chi connectivity index (χ0n) is 12.6. The number of nitrogens with zero attached hydrogens (tertiary/aromatic N) is 1. The number of amides is 1. The smallest absolute Gasteiger partial charge is 0.337 e. The van der Waals surface area contributed by atoms with Gasteiger partial charge in [0, 0.05) is 17.8 Å². The lowest BCUT2D eigenvalue weighted by Gasteiger charge is -2.12. The molecule has 2 rings (SSSR count). The number of carbonyl (C=O) groups is 2. The number of ether oxygens (including phenoxy) is 1. The third-order valence-corrected chi connectivity index (χ3v) is 2.78. The van der Waals surface area contributed by atoms with E-state index < -0.39 is 11.9 Å². The van der Waals surface area contributed by atoms with Crippen molar-refractivity contribution in [3.63, 3.8) is 0 Å². The third-order valence-electron chi connectivity index (χ3n) is 2.78. The fourth-order valence-corrected chi connectivity index (χ4v) is 1.84. The van der Waals surface area contributed by atoms with Crippen molar-refractivity contribution in [2.24, 2.45) is 0 Å². The first kappa shape index (κ1) is 16.3. The Labute approximate surface area is 132 Å². The molecule has 7 nitrogen and oxygen atoms in total. The number of carboxylic acid groups (broad SMARTS) is 1.